The average molecular weight is 857 g/mol. The van der Waals surface area contributed by atoms with Gasteiger partial charge in [0.2, 0.25) is 0 Å². The predicted octanol–water partition coefficient (Wildman–Crippen LogP) is 5.43. The molecule has 3 aromatic rings. The van der Waals surface area contributed by atoms with Crippen molar-refractivity contribution < 1.29 is 74.8 Å². The maximum atomic E-state index is 13.1. The first-order chi connectivity index (χ1) is 29.3. The molecule has 0 aliphatic carbocycles. The third-order valence-corrected chi connectivity index (χ3v) is 7.80. The molecule has 0 amide bonds. The summed E-state index contributed by atoms with van der Waals surface area (Å²) in [5.74, 6) is 0.126. The van der Waals surface area contributed by atoms with Crippen molar-refractivity contribution in [2.75, 3.05) is 156 Å². The van der Waals surface area contributed by atoms with Gasteiger partial charge < -0.3 is 67.9 Å². The standard InChI is InChI=1S/C42H59F3N2O13/c43-42(44,45)35-4-3-5-37(34-35)47-40-7-2-1-6-39(40)41(48)60-33-31-58-29-27-56-25-23-54-21-19-52-17-15-50-13-12-49-14-16-51-18-20-53-22-24-55-26-28-57-30-32-59-38-10-8-36(46)9-11-38/h1-11,34,47H,12-33,46H2. The number of alkyl halides is 3. The first kappa shape index (κ1) is 50.3. The van der Waals surface area contributed by atoms with Crippen molar-refractivity contribution in [2.24, 2.45) is 0 Å². The van der Waals surface area contributed by atoms with E-state index in [2.05, 4.69) is 5.32 Å². The monoisotopic (exact) mass is 856 g/mol. The molecule has 3 N–H and O–H groups in total. The van der Waals surface area contributed by atoms with Gasteiger partial charge in [0, 0.05) is 11.4 Å². The lowest BCUT2D eigenvalue weighted by Gasteiger charge is -2.13. The normalized spacial score (nSPS) is 11.5. The molecule has 0 heterocycles. The molecule has 15 nitrogen and oxygen atoms in total. The second-order valence-electron chi connectivity index (χ2n) is 12.4. The summed E-state index contributed by atoms with van der Waals surface area (Å²) in [6.45, 7) is 8.98. The molecular formula is C42H59F3N2O13. The third kappa shape index (κ3) is 24.9. The van der Waals surface area contributed by atoms with Gasteiger partial charge in [-0.1, -0.05) is 18.2 Å². The number of benzene rings is 3. The molecule has 0 bridgehead atoms. The van der Waals surface area contributed by atoms with E-state index in [9.17, 15) is 18.0 Å². The second kappa shape index (κ2) is 32.7. The van der Waals surface area contributed by atoms with E-state index in [0.29, 0.717) is 144 Å². The summed E-state index contributed by atoms with van der Waals surface area (Å²) in [6, 6.07) is 18.3. The fraction of sp³-hybridized carbons (Fsp3) is 0.548. The second-order valence-corrected chi connectivity index (χ2v) is 12.4. The lowest BCUT2D eigenvalue weighted by Crippen LogP contribution is -2.16. The molecule has 0 fully saturated rings. The molecule has 0 aromatic heterocycles. The van der Waals surface area contributed by atoms with Gasteiger partial charge in [-0.25, -0.2) is 4.79 Å². The number of halogens is 3. The van der Waals surface area contributed by atoms with Crippen LogP contribution in [-0.2, 0) is 58.3 Å². The van der Waals surface area contributed by atoms with Crippen LogP contribution >= 0.6 is 0 Å². The van der Waals surface area contributed by atoms with Crippen LogP contribution in [0.25, 0.3) is 0 Å². The summed E-state index contributed by atoms with van der Waals surface area (Å²) >= 11 is 0. The molecule has 60 heavy (non-hydrogen) atoms. The lowest BCUT2D eigenvalue weighted by molar-refractivity contribution is -0.137. The minimum absolute atomic E-state index is 0.00584. The Morgan fingerprint density at radius 2 is 0.883 bits per heavy atom. The highest BCUT2D eigenvalue weighted by molar-refractivity contribution is 5.96. The average Bonchev–Trinajstić information content (AvgIpc) is 3.24. The Morgan fingerprint density at radius 1 is 0.483 bits per heavy atom. The molecule has 3 aromatic carbocycles. The van der Waals surface area contributed by atoms with Gasteiger partial charge in [-0.15, -0.1) is 0 Å². The van der Waals surface area contributed by atoms with Crippen LogP contribution in [0.15, 0.2) is 72.8 Å². The molecule has 3 rings (SSSR count). The van der Waals surface area contributed by atoms with Gasteiger partial charge in [0.1, 0.15) is 19.0 Å². The molecule has 0 radical (unpaired) electrons. The van der Waals surface area contributed by atoms with Crippen LogP contribution in [0.5, 0.6) is 5.75 Å². The van der Waals surface area contributed by atoms with E-state index < -0.39 is 17.7 Å². The van der Waals surface area contributed by atoms with Gasteiger partial charge in [-0.05, 0) is 54.6 Å². The summed E-state index contributed by atoms with van der Waals surface area (Å²) in [5.41, 5.74) is 6.24. The Hall–Kier alpha value is -4.08. The number of ether oxygens (including phenoxy) is 12. The van der Waals surface area contributed by atoms with Crippen molar-refractivity contribution in [3.8, 4) is 5.75 Å². The molecule has 0 spiro atoms. The molecule has 0 unspecified atom stereocenters. The van der Waals surface area contributed by atoms with Crippen LogP contribution in [0.4, 0.5) is 30.2 Å². The van der Waals surface area contributed by atoms with Gasteiger partial charge in [0.15, 0.2) is 0 Å². The molecule has 0 aliphatic heterocycles. The van der Waals surface area contributed by atoms with E-state index in [1.807, 2.05) is 12.1 Å². The van der Waals surface area contributed by atoms with Crippen LogP contribution in [0, 0.1) is 0 Å². The number of nitrogen functional groups attached to an aromatic ring is 1. The molecule has 336 valence electrons. The first-order valence-corrected chi connectivity index (χ1v) is 19.8. The molecule has 0 aliphatic rings. The van der Waals surface area contributed by atoms with Crippen molar-refractivity contribution in [1.82, 2.24) is 0 Å². The summed E-state index contributed by atoms with van der Waals surface area (Å²) in [4.78, 5) is 12.6. The maximum Gasteiger partial charge on any atom is 0.416 e. The lowest BCUT2D eigenvalue weighted by atomic mass is 10.1. The van der Waals surface area contributed by atoms with Crippen LogP contribution in [-0.4, -0.2) is 151 Å². The van der Waals surface area contributed by atoms with E-state index in [0.717, 1.165) is 17.9 Å². The molecule has 0 saturated carbocycles. The molecule has 0 atom stereocenters. The van der Waals surface area contributed by atoms with Gasteiger partial charge in [0.25, 0.3) is 0 Å². The number of nitrogens with one attached hydrogen (secondary N) is 1. The minimum atomic E-state index is -4.48. The SMILES string of the molecule is Nc1ccc(OCCOCCOCCOCCOCCOCCOCCOCCOCCOCCOCCOC(=O)c2ccccc2Nc2cccc(C(F)(F)F)c2)cc1. The molecule has 18 heteroatoms. The van der Waals surface area contributed by atoms with Crippen molar-refractivity contribution in [3.05, 3.63) is 83.9 Å². The number of rotatable bonds is 37. The topological polar surface area (TPSA) is 166 Å². The van der Waals surface area contributed by atoms with E-state index >= 15 is 0 Å². The zero-order chi connectivity index (χ0) is 42.8. The van der Waals surface area contributed by atoms with Crippen molar-refractivity contribution >= 4 is 23.0 Å². The Labute approximate surface area is 349 Å². The van der Waals surface area contributed by atoms with Crippen molar-refractivity contribution in [1.29, 1.82) is 0 Å². The van der Waals surface area contributed by atoms with Crippen LogP contribution < -0.4 is 15.8 Å². The Morgan fingerprint density at radius 3 is 1.32 bits per heavy atom. The largest absolute Gasteiger partial charge is 0.491 e. The van der Waals surface area contributed by atoms with Crippen molar-refractivity contribution in [2.45, 2.75) is 6.18 Å². The van der Waals surface area contributed by atoms with Gasteiger partial charge in [-0.2, -0.15) is 13.2 Å². The highest BCUT2D eigenvalue weighted by Crippen LogP contribution is 2.32. The Kier molecular flexibility index (Phi) is 27.4. The predicted molar refractivity (Wildman–Crippen MR) is 216 cm³/mol. The Bertz CT molecular complexity index is 1520. The quantitative estimate of drug-likeness (QED) is 0.0428. The fourth-order valence-corrected chi connectivity index (χ4v) is 4.83. The number of anilines is 3. The number of carbonyl (C=O) groups excluding carboxylic acids is 1. The molecule has 0 saturated heterocycles. The Balaban J connectivity index is 0.974. The number of hydrogen-bond donors (Lipinski definition) is 2. The van der Waals surface area contributed by atoms with E-state index in [1.165, 1.54) is 18.2 Å². The smallest absolute Gasteiger partial charge is 0.416 e. The van der Waals surface area contributed by atoms with E-state index in [-0.39, 0.29) is 24.5 Å². The number of hydrogen-bond acceptors (Lipinski definition) is 15. The summed E-state index contributed by atoms with van der Waals surface area (Å²) in [5, 5.41) is 2.86. The van der Waals surface area contributed by atoms with Crippen LogP contribution in [0.1, 0.15) is 15.9 Å². The van der Waals surface area contributed by atoms with E-state index in [4.69, 9.17) is 62.6 Å². The van der Waals surface area contributed by atoms with Crippen molar-refractivity contribution in [3.63, 3.8) is 0 Å². The number of esters is 1. The zero-order valence-electron chi connectivity index (χ0n) is 34.0. The minimum Gasteiger partial charge on any atom is -0.491 e. The number of carbonyl (C=O) groups is 1. The summed E-state index contributed by atoms with van der Waals surface area (Å²) in [6.07, 6.45) is -4.48. The van der Waals surface area contributed by atoms with Crippen LogP contribution in [0.3, 0.4) is 0 Å². The number of nitrogens with two attached hydrogens (primary N) is 1. The van der Waals surface area contributed by atoms with Gasteiger partial charge >= 0.3 is 12.1 Å². The third-order valence-electron chi connectivity index (χ3n) is 7.80. The zero-order valence-corrected chi connectivity index (χ0v) is 34.0. The van der Waals surface area contributed by atoms with Crippen LogP contribution in [0.2, 0.25) is 0 Å². The van der Waals surface area contributed by atoms with E-state index in [1.54, 1.807) is 30.3 Å². The van der Waals surface area contributed by atoms with Gasteiger partial charge in [-0.3, -0.25) is 0 Å². The molecular weight excluding hydrogens is 797 g/mol. The maximum absolute atomic E-state index is 13.1. The highest BCUT2D eigenvalue weighted by atomic mass is 19.4. The first-order valence-electron chi connectivity index (χ1n) is 19.8. The highest BCUT2D eigenvalue weighted by Gasteiger charge is 2.30. The fourth-order valence-electron chi connectivity index (χ4n) is 4.83. The number of para-hydroxylation sites is 1. The van der Waals surface area contributed by atoms with Gasteiger partial charge in [0.05, 0.1) is 149 Å². The summed E-state index contributed by atoms with van der Waals surface area (Å²) < 4.78 is 105. The summed E-state index contributed by atoms with van der Waals surface area (Å²) in [7, 11) is 0.